The van der Waals surface area contributed by atoms with E-state index in [-0.39, 0.29) is 12.5 Å². The Labute approximate surface area is 464 Å². The maximum Gasteiger partial charge on any atom is 0.220 e. The van der Waals surface area contributed by atoms with Crippen LogP contribution in [0.1, 0.15) is 335 Å². The molecule has 1 rings (SSSR count). The summed E-state index contributed by atoms with van der Waals surface area (Å²) in [6, 6.07) is -0.802. The lowest BCUT2D eigenvalue weighted by atomic mass is 9.99. The number of aliphatic hydroxyl groups excluding tert-OH is 5. The van der Waals surface area contributed by atoms with Crippen molar-refractivity contribution in [3.8, 4) is 0 Å². The Morgan fingerprint density at radius 1 is 0.440 bits per heavy atom. The molecular formula is C66H127NO8. The fourth-order valence-corrected chi connectivity index (χ4v) is 10.8. The van der Waals surface area contributed by atoms with E-state index in [2.05, 4.69) is 31.3 Å². The van der Waals surface area contributed by atoms with Crippen LogP contribution in [-0.2, 0) is 14.3 Å². The average molecular weight is 1060 g/mol. The van der Waals surface area contributed by atoms with Gasteiger partial charge in [-0.15, -0.1) is 0 Å². The number of nitrogens with one attached hydrogen (secondary N) is 1. The van der Waals surface area contributed by atoms with Crippen LogP contribution in [0.15, 0.2) is 24.3 Å². The number of ether oxygens (including phenoxy) is 2. The molecule has 1 aliphatic heterocycles. The predicted octanol–water partition coefficient (Wildman–Crippen LogP) is 17.3. The van der Waals surface area contributed by atoms with Crippen LogP contribution >= 0.6 is 0 Å². The van der Waals surface area contributed by atoms with Crippen LogP contribution in [0.3, 0.4) is 0 Å². The molecule has 1 fully saturated rings. The van der Waals surface area contributed by atoms with Crippen LogP contribution in [0.25, 0.3) is 0 Å². The molecule has 7 atom stereocenters. The molecule has 75 heavy (non-hydrogen) atoms. The van der Waals surface area contributed by atoms with E-state index in [1.807, 2.05) is 6.08 Å². The van der Waals surface area contributed by atoms with Gasteiger partial charge < -0.3 is 40.3 Å². The summed E-state index contributed by atoms with van der Waals surface area (Å²) in [6.07, 6.45) is 65.9. The molecule has 7 unspecified atom stereocenters. The van der Waals surface area contributed by atoms with Crippen molar-refractivity contribution < 1.29 is 39.8 Å². The summed E-state index contributed by atoms with van der Waals surface area (Å²) in [5.41, 5.74) is 0. The number of aliphatic hydroxyl groups is 5. The van der Waals surface area contributed by atoms with E-state index in [1.165, 1.54) is 276 Å². The fraction of sp³-hybridized carbons (Fsp3) is 0.924. The number of carbonyl (C=O) groups is 1. The number of carbonyl (C=O) groups excluding carboxylic acids is 1. The van der Waals surface area contributed by atoms with Gasteiger partial charge in [0.25, 0.3) is 0 Å². The number of allylic oxidation sites excluding steroid dienone is 3. The van der Waals surface area contributed by atoms with Crippen LogP contribution in [0.5, 0.6) is 0 Å². The van der Waals surface area contributed by atoms with Crippen molar-refractivity contribution >= 4 is 5.91 Å². The van der Waals surface area contributed by atoms with Gasteiger partial charge in [-0.3, -0.25) is 4.79 Å². The first kappa shape index (κ1) is 71.7. The Morgan fingerprint density at radius 3 is 1.08 bits per heavy atom. The molecule has 1 saturated heterocycles. The largest absolute Gasteiger partial charge is 0.394 e. The van der Waals surface area contributed by atoms with Gasteiger partial charge in [-0.2, -0.15) is 0 Å². The lowest BCUT2D eigenvalue weighted by Gasteiger charge is -2.40. The number of hydrogen-bond donors (Lipinski definition) is 6. The van der Waals surface area contributed by atoms with Gasteiger partial charge >= 0.3 is 0 Å². The summed E-state index contributed by atoms with van der Waals surface area (Å²) < 4.78 is 11.3. The topological polar surface area (TPSA) is 149 Å². The number of unbranched alkanes of at least 4 members (excludes halogenated alkanes) is 46. The highest BCUT2D eigenvalue weighted by Crippen LogP contribution is 2.23. The molecule has 0 aromatic heterocycles. The molecule has 9 nitrogen and oxygen atoms in total. The van der Waals surface area contributed by atoms with Gasteiger partial charge in [0.1, 0.15) is 24.4 Å². The molecule has 0 aliphatic carbocycles. The van der Waals surface area contributed by atoms with Crippen LogP contribution < -0.4 is 5.32 Å². The summed E-state index contributed by atoms with van der Waals surface area (Å²) in [5.74, 6) is -0.172. The molecular weight excluding hydrogens is 935 g/mol. The zero-order chi connectivity index (χ0) is 54.3. The second-order valence-corrected chi connectivity index (χ2v) is 23.3. The van der Waals surface area contributed by atoms with Crippen LogP contribution in [0.2, 0.25) is 0 Å². The van der Waals surface area contributed by atoms with Crippen molar-refractivity contribution in [2.24, 2.45) is 0 Å². The van der Waals surface area contributed by atoms with Crippen LogP contribution in [0, 0.1) is 0 Å². The zero-order valence-electron chi connectivity index (χ0n) is 49.6. The minimum Gasteiger partial charge on any atom is -0.394 e. The van der Waals surface area contributed by atoms with E-state index in [4.69, 9.17) is 9.47 Å². The molecule has 9 heteroatoms. The maximum absolute atomic E-state index is 13.1. The van der Waals surface area contributed by atoms with E-state index in [0.29, 0.717) is 6.42 Å². The first-order valence-electron chi connectivity index (χ1n) is 33.1. The Hall–Kier alpha value is -1.33. The molecule has 0 radical (unpaired) electrons. The third kappa shape index (κ3) is 45.1. The molecule has 1 aliphatic rings. The molecule has 1 amide bonds. The standard InChI is InChI=1S/C66H127NO8/c1-3-5-7-9-11-13-15-17-18-19-20-21-22-23-24-25-26-27-28-29-30-31-32-33-34-35-36-37-38-39-40-41-42-44-46-48-50-52-54-56-62(70)67-59(58-74-66-65(73)64(72)63(71)61(57-68)75-66)60(69)55-53-51-49-47-45-43-16-14-12-10-8-6-4-2/h29-30,53,55,59-61,63-66,68-69,71-73H,3-28,31-52,54,56-58H2,1-2H3,(H,67,70)/b30-29-,55-53+. The van der Waals surface area contributed by atoms with Gasteiger partial charge in [0.15, 0.2) is 6.29 Å². The number of rotatable bonds is 58. The lowest BCUT2D eigenvalue weighted by molar-refractivity contribution is -0.302. The second kappa shape index (κ2) is 56.0. The third-order valence-electron chi connectivity index (χ3n) is 16.0. The van der Waals surface area contributed by atoms with Crippen molar-refractivity contribution in [3.05, 3.63) is 24.3 Å². The molecule has 6 N–H and O–H groups in total. The van der Waals surface area contributed by atoms with Gasteiger partial charge in [-0.25, -0.2) is 0 Å². The first-order chi connectivity index (χ1) is 36.8. The van der Waals surface area contributed by atoms with E-state index < -0.39 is 49.5 Å². The quantitative estimate of drug-likeness (QED) is 0.0261. The molecule has 0 saturated carbocycles. The minimum absolute atomic E-state index is 0.172. The molecule has 0 bridgehead atoms. The number of amides is 1. The molecule has 1 heterocycles. The molecule has 0 spiro atoms. The summed E-state index contributed by atoms with van der Waals surface area (Å²) in [4.78, 5) is 13.1. The van der Waals surface area contributed by atoms with E-state index in [1.54, 1.807) is 6.08 Å². The molecule has 0 aromatic carbocycles. The van der Waals surface area contributed by atoms with E-state index >= 15 is 0 Å². The summed E-state index contributed by atoms with van der Waals surface area (Å²) in [6.45, 7) is 3.81. The van der Waals surface area contributed by atoms with Crippen molar-refractivity contribution in [3.63, 3.8) is 0 Å². The van der Waals surface area contributed by atoms with E-state index in [0.717, 1.165) is 38.5 Å². The summed E-state index contributed by atoms with van der Waals surface area (Å²) in [5, 5.41) is 54.5. The Kier molecular flexibility index (Phi) is 53.5. The molecule has 444 valence electrons. The smallest absolute Gasteiger partial charge is 0.220 e. The SMILES string of the molecule is CCCCCCCCCCCCC/C=C/C(O)C(COC1OC(CO)C(O)C(O)C1O)NC(=O)CCCCCCCCCCCCCCCCCCC/C=C\CCCCCCCCCCCCCCCCCCCC. The molecule has 0 aromatic rings. The number of hydrogen-bond acceptors (Lipinski definition) is 8. The fourth-order valence-electron chi connectivity index (χ4n) is 10.8. The Morgan fingerprint density at radius 2 is 0.747 bits per heavy atom. The van der Waals surface area contributed by atoms with Crippen LogP contribution in [0.4, 0.5) is 0 Å². The highest BCUT2D eigenvalue weighted by atomic mass is 16.7. The normalized spacial score (nSPS) is 18.9. The third-order valence-corrected chi connectivity index (χ3v) is 16.0. The van der Waals surface area contributed by atoms with Crippen molar-refractivity contribution in [2.75, 3.05) is 13.2 Å². The average Bonchev–Trinajstić information content (AvgIpc) is 3.41. The van der Waals surface area contributed by atoms with Gasteiger partial charge in [-0.05, 0) is 44.9 Å². The highest BCUT2D eigenvalue weighted by Gasteiger charge is 2.44. The van der Waals surface area contributed by atoms with Gasteiger partial charge in [0.05, 0.1) is 25.4 Å². The first-order valence-corrected chi connectivity index (χ1v) is 33.1. The van der Waals surface area contributed by atoms with Gasteiger partial charge in [0, 0.05) is 6.42 Å². The van der Waals surface area contributed by atoms with Gasteiger partial charge in [-0.1, -0.05) is 308 Å². The summed E-state index contributed by atoms with van der Waals surface area (Å²) >= 11 is 0. The van der Waals surface area contributed by atoms with Crippen molar-refractivity contribution in [1.29, 1.82) is 0 Å². The Bertz CT molecular complexity index is 1230. The monoisotopic (exact) mass is 1060 g/mol. The lowest BCUT2D eigenvalue weighted by Crippen LogP contribution is -2.60. The Balaban J connectivity index is 2.02. The van der Waals surface area contributed by atoms with Gasteiger partial charge in [0.2, 0.25) is 5.91 Å². The van der Waals surface area contributed by atoms with E-state index in [9.17, 15) is 30.3 Å². The minimum atomic E-state index is -1.56. The van der Waals surface area contributed by atoms with Crippen molar-refractivity contribution in [1.82, 2.24) is 5.32 Å². The maximum atomic E-state index is 13.1. The predicted molar refractivity (Wildman–Crippen MR) is 318 cm³/mol. The summed E-state index contributed by atoms with van der Waals surface area (Å²) in [7, 11) is 0. The van der Waals surface area contributed by atoms with Crippen molar-refractivity contribution in [2.45, 2.75) is 378 Å². The zero-order valence-corrected chi connectivity index (χ0v) is 49.6. The highest BCUT2D eigenvalue weighted by molar-refractivity contribution is 5.76. The second-order valence-electron chi connectivity index (χ2n) is 23.3. The van der Waals surface area contributed by atoms with Crippen LogP contribution in [-0.4, -0.2) is 87.5 Å².